The van der Waals surface area contributed by atoms with Gasteiger partial charge in [-0.15, -0.1) is 0 Å². The van der Waals surface area contributed by atoms with Crippen molar-refractivity contribution in [3.8, 4) is 23.0 Å². The summed E-state index contributed by atoms with van der Waals surface area (Å²) < 4.78 is 21.7. The molecule has 0 radical (unpaired) electrons. The lowest BCUT2D eigenvalue weighted by molar-refractivity contribution is 0.281. The summed E-state index contributed by atoms with van der Waals surface area (Å²) in [6.07, 6.45) is 2.08. The zero-order valence-electron chi connectivity index (χ0n) is 13.7. The molecule has 1 rings (SSSR count). The molecule has 5 heteroatoms. The Balaban J connectivity index is 2.63. The summed E-state index contributed by atoms with van der Waals surface area (Å²) in [5.41, 5.74) is 0. The van der Waals surface area contributed by atoms with Crippen molar-refractivity contribution >= 4 is 0 Å². The second-order valence-electron chi connectivity index (χ2n) is 4.85. The van der Waals surface area contributed by atoms with Crippen LogP contribution in [0, 0.1) is 0 Å². The summed E-state index contributed by atoms with van der Waals surface area (Å²) in [6, 6.07) is 4.06. The van der Waals surface area contributed by atoms with Crippen LogP contribution >= 0.6 is 0 Å². The van der Waals surface area contributed by atoms with Gasteiger partial charge in [0.15, 0.2) is 11.5 Å². The van der Waals surface area contributed by atoms with Gasteiger partial charge in [-0.05, 0) is 26.3 Å². The number of benzene rings is 1. The highest BCUT2D eigenvalue weighted by molar-refractivity contribution is 5.55. The first-order valence-electron chi connectivity index (χ1n) is 7.32. The topological polar surface area (TPSA) is 49.0 Å². The summed E-state index contributed by atoms with van der Waals surface area (Å²) in [5.74, 6) is 2.49. The van der Waals surface area contributed by atoms with Crippen LogP contribution in [0.15, 0.2) is 12.1 Å². The minimum Gasteiger partial charge on any atom is -0.493 e. The van der Waals surface area contributed by atoms with Gasteiger partial charge >= 0.3 is 0 Å². The molecule has 1 N–H and O–H groups in total. The van der Waals surface area contributed by atoms with Gasteiger partial charge in [0.25, 0.3) is 0 Å². The van der Waals surface area contributed by atoms with E-state index >= 15 is 0 Å². The van der Waals surface area contributed by atoms with E-state index in [0.717, 1.165) is 19.4 Å². The number of ether oxygens (including phenoxy) is 4. The molecule has 0 heterocycles. The van der Waals surface area contributed by atoms with Gasteiger partial charge in [-0.1, -0.05) is 6.92 Å². The molecule has 1 atom stereocenters. The molecule has 0 saturated heterocycles. The molecule has 0 amide bonds. The predicted molar refractivity (Wildman–Crippen MR) is 84.0 cm³/mol. The van der Waals surface area contributed by atoms with Crippen molar-refractivity contribution in [2.45, 2.75) is 32.7 Å². The molecular formula is C16H27NO4. The Morgan fingerprint density at radius 3 is 2.14 bits per heavy atom. The fourth-order valence-electron chi connectivity index (χ4n) is 1.99. The Morgan fingerprint density at radius 1 is 1.05 bits per heavy atom. The minimum absolute atomic E-state index is 0.437. The number of hydrogen-bond donors (Lipinski definition) is 1. The SMILES string of the molecule is CCCNC(C)CCOc1cc(OC)c(OC)c(OC)c1. The van der Waals surface area contributed by atoms with Crippen LogP contribution in [-0.2, 0) is 0 Å². The second kappa shape index (κ2) is 9.34. The van der Waals surface area contributed by atoms with Gasteiger partial charge in [-0.3, -0.25) is 0 Å². The van der Waals surface area contributed by atoms with E-state index in [-0.39, 0.29) is 0 Å². The zero-order chi connectivity index (χ0) is 15.7. The minimum atomic E-state index is 0.437. The lowest BCUT2D eigenvalue weighted by Crippen LogP contribution is -2.28. The van der Waals surface area contributed by atoms with E-state index in [0.29, 0.717) is 35.6 Å². The normalized spacial score (nSPS) is 11.9. The molecule has 1 aromatic rings. The van der Waals surface area contributed by atoms with Crippen LogP contribution in [0.3, 0.4) is 0 Å². The van der Waals surface area contributed by atoms with Crippen LogP contribution in [0.4, 0.5) is 0 Å². The number of hydrogen-bond acceptors (Lipinski definition) is 5. The maximum atomic E-state index is 5.79. The number of methoxy groups -OCH3 is 3. The highest BCUT2D eigenvalue weighted by Crippen LogP contribution is 2.40. The first-order valence-corrected chi connectivity index (χ1v) is 7.32. The molecule has 0 saturated carbocycles. The fraction of sp³-hybridized carbons (Fsp3) is 0.625. The maximum Gasteiger partial charge on any atom is 0.203 e. The Labute approximate surface area is 127 Å². The monoisotopic (exact) mass is 297 g/mol. The Kier molecular flexibility index (Phi) is 7.75. The Hall–Kier alpha value is -1.62. The van der Waals surface area contributed by atoms with E-state index < -0.39 is 0 Å². The molecule has 0 fully saturated rings. The van der Waals surface area contributed by atoms with E-state index in [9.17, 15) is 0 Å². The average Bonchev–Trinajstić information content (AvgIpc) is 2.51. The van der Waals surface area contributed by atoms with Gasteiger partial charge in [0.2, 0.25) is 5.75 Å². The fourth-order valence-corrected chi connectivity index (χ4v) is 1.99. The van der Waals surface area contributed by atoms with Gasteiger partial charge in [-0.25, -0.2) is 0 Å². The van der Waals surface area contributed by atoms with Crippen molar-refractivity contribution in [3.63, 3.8) is 0 Å². The van der Waals surface area contributed by atoms with Crippen molar-refractivity contribution in [2.75, 3.05) is 34.5 Å². The summed E-state index contributed by atoms with van der Waals surface area (Å²) in [7, 11) is 4.78. The van der Waals surface area contributed by atoms with Crippen molar-refractivity contribution in [3.05, 3.63) is 12.1 Å². The molecule has 1 unspecified atom stereocenters. The highest BCUT2D eigenvalue weighted by Gasteiger charge is 2.14. The average molecular weight is 297 g/mol. The third-order valence-electron chi connectivity index (χ3n) is 3.20. The summed E-state index contributed by atoms with van der Waals surface area (Å²) in [5, 5.41) is 3.43. The molecule has 0 spiro atoms. The first-order chi connectivity index (χ1) is 10.2. The second-order valence-corrected chi connectivity index (χ2v) is 4.85. The first kappa shape index (κ1) is 17.4. The van der Waals surface area contributed by atoms with Crippen molar-refractivity contribution < 1.29 is 18.9 Å². The van der Waals surface area contributed by atoms with E-state index in [1.54, 1.807) is 21.3 Å². The van der Waals surface area contributed by atoms with Crippen molar-refractivity contribution in [1.82, 2.24) is 5.32 Å². The van der Waals surface area contributed by atoms with Gasteiger partial charge in [0, 0.05) is 18.2 Å². The van der Waals surface area contributed by atoms with Crippen LogP contribution in [0.5, 0.6) is 23.0 Å². The maximum absolute atomic E-state index is 5.79. The third-order valence-corrected chi connectivity index (χ3v) is 3.20. The van der Waals surface area contributed by atoms with Crippen molar-refractivity contribution in [1.29, 1.82) is 0 Å². The van der Waals surface area contributed by atoms with Crippen LogP contribution in [0.2, 0.25) is 0 Å². The summed E-state index contributed by atoms with van der Waals surface area (Å²) in [4.78, 5) is 0. The Morgan fingerprint density at radius 2 is 1.67 bits per heavy atom. The van der Waals surface area contributed by atoms with Gasteiger partial charge in [-0.2, -0.15) is 0 Å². The highest BCUT2D eigenvalue weighted by atomic mass is 16.5. The quantitative estimate of drug-likeness (QED) is 0.719. The molecule has 0 aliphatic carbocycles. The van der Waals surface area contributed by atoms with Crippen LogP contribution in [-0.4, -0.2) is 40.5 Å². The zero-order valence-corrected chi connectivity index (χ0v) is 13.7. The van der Waals surface area contributed by atoms with Crippen LogP contribution in [0.25, 0.3) is 0 Å². The van der Waals surface area contributed by atoms with Crippen LogP contribution < -0.4 is 24.3 Å². The van der Waals surface area contributed by atoms with E-state index in [4.69, 9.17) is 18.9 Å². The lowest BCUT2D eigenvalue weighted by Gasteiger charge is -2.16. The van der Waals surface area contributed by atoms with Gasteiger partial charge in [0.05, 0.1) is 27.9 Å². The largest absolute Gasteiger partial charge is 0.493 e. The molecule has 0 aromatic heterocycles. The molecular weight excluding hydrogens is 270 g/mol. The summed E-state index contributed by atoms with van der Waals surface area (Å²) >= 11 is 0. The molecule has 0 bridgehead atoms. The van der Waals surface area contributed by atoms with E-state index in [1.165, 1.54) is 0 Å². The van der Waals surface area contributed by atoms with Gasteiger partial charge in [0.1, 0.15) is 5.75 Å². The standard InChI is InChI=1S/C16H27NO4/c1-6-8-17-12(2)7-9-21-13-10-14(18-3)16(20-5)15(11-13)19-4/h10-12,17H,6-9H2,1-5H3. The molecule has 21 heavy (non-hydrogen) atoms. The number of rotatable bonds is 10. The van der Waals surface area contributed by atoms with Crippen LogP contribution in [0.1, 0.15) is 26.7 Å². The lowest BCUT2D eigenvalue weighted by atomic mass is 10.2. The van der Waals surface area contributed by atoms with E-state index in [1.807, 2.05) is 12.1 Å². The van der Waals surface area contributed by atoms with E-state index in [2.05, 4.69) is 19.2 Å². The van der Waals surface area contributed by atoms with Gasteiger partial charge < -0.3 is 24.3 Å². The summed E-state index contributed by atoms with van der Waals surface area (Å²) in [6.45, 7) is 5.99. The Bertz CT molecular complexity index is 398. The third kappa shape index (κ3) is 5.34. The molecule has 5 nitrogen and oxygen atoms in total. The van der Waals surface area contributed by atoms with Crippen molar-refractivity contribution in [2.24, 2.45) is 0 Å². The predicted octanol–water partition coefficient (Wildman–Crippen LogP) is 2.87. The molecule has 0 aliphatic rings. The molecule has 120 valence electrons. The number of nitrogens with one attached hydrogen (secondary N) is 1. The smallest absolute Gasteiger partial charge is 0.203 e. The molecule has 0 aliphatic heterocycles. The molecule has 1 aromatic carbocycles.